The van der Waals surface area contributed by atoms with Crippen molar-refractivity contribution in [2.45, 2.75) is 19.6 Å². The number of rotatable bonds is 1. The van der Waals surface area contributed by atoms with Crippen LogP contribution < -0.4 is 0 Å². The second-order valence-corrected chi connectivity index (χ2v) is 1.71. The highest BCUT2D eigenvalue weighted by atomic mass is 16.7. The lowest BCUT2D eigenvalue weighted by Crippen LogP contribution is -2.20. The lowest BCUT2D eigenvalue weighted by molar-refractivity contribution is -0.168. The molecule has 1 unspecified atom stereocenters. The molecular formula is C6H8O3. The van der Waals surface area contributed by atoms with Crippen molar-refractivity contribution < 1.29 is 14.3 Å². The molecular weight excluding hydrogens is 120 g/mol. The molecule has 9 heavy (non-hydrogen) atoms. The Kier molecular flexibility index (Phi) is 1.72. The number of carbonyl (C=O) groups excluding carboxylic acids is 1. The van der Waals surface area contributed by atoms with Crippen LogP contribution >= 0.6 is 0 Å². The fraction of sp³-hybridized carbons (Fsp3) is 0.500. The van der Waals surface area contributed by atoms with Gasteiger partial charge in [-0.1, -0.05) is 6.92 Å². The standard InChI is InChI=1S/C6H8O3/c1-2-6-8-4-3-5(7)9-6/h3-4,6H,2H2,1H3. The van der Waals surface area contributed by atoms with Gasteiger partial charge in [0, 0.05) is 6.42 Å². The summed E-state index contributed by atoms with van der Waals surface area (Å²) in [6.45, 7) is 1.89. The highest BCUT2D eigenvalue weighted by Crippen LogP contribution is 2.06. The molecule has 0 spiro atoms. The van der Waals surface area contributed by atoms with Crippen LogP contribution in [0, 0.1) is 0 Å². The van der Waals surface area contributed by atoms with Gasteiger partial charge in [0.25, 0.3) is 0 Å². The van der Waals surface area contributed by atoms with Crippen LogP contribution in [0.15, 0.2) is 12.3 Å². The smallest absolute Gasteiger partial charge is 0.336 e. The molecule has 0 radical (unpaired) electrons. The summed E-state index contributed by atoms with van der Waals surface area (Å²) < 4.78 is 9.56. The van der Waals surface area contributed by atoms with E-state index in [9.17, 15) is 4.79 Å². The van der Waals surface area contributed by atoms with Crippen LogP contribution in [0.25, 0.3) is 0 Å². The third-order valence-corrected chi connectivity index (χ3v) is 1.02. The molecule has 0 N–H and O–H groups in total. The minimum atomic E-state index is -0.373. The quantitative estimate of drug-likeness (QED) is 0.490. The summed E-state index contributed by atoms with van der Waals surface area (Å²) in [4.78, 5) is 10.4. The zero-order chi connectivity index (χ0) is 6.69. The van der Waals surface area contributed by atoms with Gasteiger partial charge in [-0.25, -0.2) is 4.79 Å². The molecule has 0 bridgehead atoms. The molecule has 0 aromatic heterocycles. The van der Waals surface area contributed by atoms with Crippen LogP contribution in [0.2, 0.25) is 0 Å². The van der Waals surface area contributed by atoms with Gasteiger partial charge in [-0.05, 0) is 0 Å². The van der Waals surface area contributed by atoms with E-state index in [1.54, 1.807) is 0 Å². The Morgan fingerprint density at radius 2 is 2.56 bits per heavy atom. The Bertz CT molecular complexity index is 139. The molecule has 0 saturated heterocycles. The highest BCUT2D eigenvalue weighted by Gasteiger charge is 2.13. The van der Waals surface area contributed by atoms with Crippen molar-refractivity contribution >= 4 is 5.97 Å². The van der Waals surface area contributed by atoms with Crippen LogP contribution in [0.4, 0.5) is 0 Å². The molecule has 0 amide bonds. The maximum absolute atomic E-state index is 10.4. The molecule has 0 fully saturated rings. The average molecular weight is 128 g/mol. The zero-order valence-corrected chi connectivity index (χ0v) is 5.16. The molecule has 3 heteroatoms. The van der Waals surface area contributed by atoms with Crippen LogP contribution in [-0.2, 0) is 14.3 Å². The summed E-state index contributed by atoms with van der Waals surface area (Å²) in [5, 5.41) is 0. The number of cyclic esters (lactones) is 1. The molecule has 0 aliphatic carbocycles. The first-order valence-electron chi connectivity index (χ1n) is 2.85. The Morgan fingerprint density at radius 3 is 3.00 bits per heavy atom. The van der Waals surface area contributed by atoms with Gasteiger partial charge in [0.2, 0.25) is 6.29 Å². The predicted octanol–water partition coefficient (Wildman–Crippen LogP) is 0.810. The summed E-state index contributed by atoms with van der Waals surface area (Å²) in [7, 11) is 0. The first-order valence-corrected chi connectivity index (χ1v) is 2.85. The molecule has 0 aromatic carbocycles. The summed E-state index contributed by atoms with van der Waals surface area (Å²) in [5.74, 6) is -0.326. The van der Waals surface area contributed by atoms with Crippen molar-refractivity contribution in [1.82, 2.24) is 0 Å². The zero-order valence-electron chi connectivity index (χ0n) is 5.16. The minimum Gasteiger partial charge on any atom is -0.462 e. The topological polar surface area (TPSA) is 35.5 Å². The lowest BCUT2D eigenvalue weighted by Gasteiger charge is -2.17. The Balaban J connectivity index is 2.47. The van der Waals surface area contributed by atoms with E-state index in [1.807, 2.05) is 6.92 Å². The van der Waals surface area contributed by atoms with Crippen LogP contribution in [-0.4, -0.2) is 12.3 Å². The van der Waals surface area contributed by atoms with Gasteiger partial charge >= 0.3 is 5.97 Å². The molecule has 1 rings (SSSR count). The second kappa shape index (κ2) is 2.53. The summed E-state index contributed by atoms with van der Waals surface area (Å²) in [6, 6.07) is 0. The minimum absolute atomic E-state index is 0.326. The number of hydrogen-bond donors (Lipinski definition) is 0. The van der Waals surface area contributed by atoms with Gasteiger partial charge in [0.15, 0.2) is 0 Å². The summed E-state index contributed by atoms with van der Waals surface area (Å²) in [6.07, 6.45) is 2.94. The van der Waals surface area contributed by atoms with Gasteiger partial charge in [0.05, 0.1) is 12.3 Å². The van der Waals surface area contributed by atoms with E-state index in [0.717, 1.165) is 0 Å². The number of carbonyl (C=O) groups is 1. The first-order chi connectivity index (χ1) is 4.33. The maximum atomic E-state index is 10.4. The largest absolute Gasteiger partial charge is 0.462 e. The molecule has 3 nitrogen and oxygen atoms in total. The molecule has 0 aromatic rings. The van der Waals surface area contributed by atoms with Crippen LogP contribution in [0.3, 0.4) is 0 Å². The van der Waals surface area contributed by atoms with E-state index in [4.69, 9.17) is 4.74 Å². The molecule has 0 saturated carbocycles. The van der Waals surface area contributed by atoms with E-state index in [0.29, 0.717) is 6.42 Å². The third-order valence-electron chi connectivity index (χ3n) is 1.02. The molecule has 1 atom stereocenters. The molecule has 50 valence electrons. The van der Waals surface area contributed by atoms with Crippen LogP contribution in [0.1, 0.15) is 13.3 Å². The highest BCUT2D eigenvalue weighted by molar-refractivity contribution is 5.82. The van der Waals surface area contributed by atoms with Gasteiger partial charge in [0.1, 0.15) is 0 Å². The SMILES string of the molecule is CCC1OC=CC(=O)O1. The first kappa shape index (κ1) is 6.13. The van der Waals surface area contributed by atoms with E-state index >= 15 is 0 Å². The van der Waals surface area contributed by atoms with E-state index in [1.165, 1.54) is 12.3 Å². The van der Waals surface area contributed by atoms with Gasteiger partial charge in [-0.2, -0.15) is 0 Å². The monoisotopic (exact) mass is 128 g/mol. The normalized spacial score (nSPS) is 25.0. The molecule has 1 aliphatic rings. The van der Waals surface area contributed by atoms with E-state index in [-0.39, 0.29) is 12.3 Å². The van der Waals surface area contributed by atoms with Crippen molar-refractivity contribution in [1.29, 1.82) is 0 Å². The number of esters is 1. The van der Waals surface area contributed by atoms with Gasteiger partial charge in [-0.3, -0.25) is 0 Å². The lowest BCUT2D eigenvalue weighted by atomic mass is 10.4. The number of hydrogen-bond acceptors (Lipinski definition) is 3. The predicted molar refractivity (Wildman–Crippen MR) is 30.4 cm³/mol. The average Bonchev–Trinajstić information content (AvgIpc) is 1.88. The summed E-state index contributed by atoms with van der Waals surface area (Å²) in [5.41, 5.74) is 0. The van der Waals surface area contributed by atoms with E-state index in [2.05, 4.69) is 4.74 Å². The van der Waals surface area contributed by atoms with Gasteiger partial charge in [-0.15, -0.1) is 0 Å². The maximum Gasteiger partial charge on any atom is 0.336 e. The third kappa shape index (κ3) is 1.45. The Morgan fingerprint density at radius 1 is 1.78 bits per heavy atom. The van der Waals surface area contributed by atoms with E-state index < -0.39 is 0 Å². The van der Waals surface area contributed by atoms with Crippen molar-refractivity contribution in [2.24, 2.45) is 0 Å². The van der Waals surface area contributed by atoms with Crippen molar-refractivity contribution in [2.75, 3.05) is 0 Å². The van der Waals surface area contributed by atoms with Gasteiger partial charge < -0.3 is 9.47 Å². The fourth-order valence-corrected chi connectivity index (χ4v) is 0.559. The van der Waals surface area contributed by atoms with Crippen LogP contribution in [0.5, 0.6) is 0 Å². The fourth-order valence-electron chi connectivity index (χ4n) is 0.559. The van der Waals surface area contributed by atoms with Crippen molar-refractivity contribution in [3.05, 3.63) is 12.3 Å². The second-order valence-electron chi connectivity index (χ2n) is 1.71. The molecule has 1 aliphatic heterocycles. The number of ether oxygens (including phenoxy) is 2. The van der Waals surface area contributed by atoms with Crippen molar-refractivity contribution in [3.8, 4) is 0 Å². The molecule has 1 heterocycles. The Labute approximate surface area is 53.3 Å². The Hall–Kier alpha value is -0.990. The summed E-state index contributed by atoms with van der Waals surface area (Å²) >= 11 is 0. The van der Waals surface area contributed by atoms with Crippen molar-refractivity contribution in [3.63, 3.8) is 0 Å².